The molecule has 0 aliphatic heterocycles. The van der Waals surface area contributed by atoms with Gasteiger partial charge in [-0.1, -0.05) is 47.6 Å². The first-order valence-corrected chi connectivity index (χ1v) is 15.0. The summed E-state index contributed by atoms with van der Waals surface area (Å²) in [5.41, 5.74) is 1.94. The smallest absolute Gasteiger partial charge is 0.192 e. The summed E-state index contributed by atoms with van der Waals surface area (Å²) >= 11 is 0. The van der Waals surface area contributed by atoms with E-state index in [1.807, 2.05) is 12.1 Å². The molecule has 0 atom stereocenters. The van der Waals surface area contributed by atoms with Gasteiger partial charge in [-0.25, -0.2) is 0 Å². The predicted octanol–water partition coefficient (Wildman–Crippen LogP) is 6.44. The number of benzene rings is 1. The lowest BCUT2D eigenvalue weighted by Gasteiger charge is -2.36. The largest absolute Gasteiger partial charge is 0.508 e. The van der Waals surface area contributed by atoms with Crippen molar-refractivity contribution in [2.24, 2.45) is 0 Å². The van der Waals surface area contributed by atoms with Gasteiger partial charge in [0.2, 0.25) is 0 Å². The molecule has 0 fully saturated rings. The summed E-state index contributed by atoms with van der Waals surface area (Å²) in [5.74, 6) is 0.301. The van der Waals surface area contributed by atoms with Crippen molar-refractivity contribution in [1.82, 2.24) is 0 Å². The number of hydrogen-bond acceptors (Lipinski definition) is 3. The molecule has 25 heavy (non-hydrogen) atoms. The molecule has 0 aliphatic carbocycles. The van der Waals surface area contributed by atoms with Gasteiger partial charge in [-0.3, -0.25) is 0 Å². The van der Waals surface area contributed by atoms with Crippen LogP contribution in [0, 0.1) is 0 Å². The van der Waals surface area contributed by atoms with Gasteiger partial charge < -0.3 is 14.0 Å². The number of aromatic hydroxyl groups is 1. The van der Waals surface area contributed by atoms with Crippen molar-refractivity contribution in [2.45, 2.75) is 91.0 Å². The molecule has 0 saturated heterocycles. The van der Waals surface area contributed by atoms with Crippen LogP contribution in [0.15, 0.2) is 18.2 Å². The lowest BCUT2D eigenvalue weighted by Crippen LogP contribution is -2.40. The summed E-state index contributed by atoms with van der Waals surface area (Å²) in [5, 5.41) is 10.5. The van der Waals surface area contributed by atoms with Crippen LogP contribution in [0.2, 0.25) is 36.3 Å². The Kier molecular flexibility index (Phi) is 6.77. The van der Waals surface area contributed by atoms with Crippen molar-refractivity contribution >= 4 is 16.6 Å². The molecular weight excluding hydrogens is 344 g/mol. The monoisotopic (exact) mass is 382 g/mol. The SMILES string of the molecule is CC(C)(C)[Si](C)(C)OCc1ccc(O)c(CO[Si](C)(C)C(C)(C)C)c1. The van der Waals surface area contributed by atoms with Gasteiger partial charge in [0.15, 0.2) is 16.6 Å². The van der Waals surface area contributed by atoms with E-state index in [0.29, 0.717) is 19.0 Å². The molecule has 0 bridgehead atoms. The van der Waals surface area contributed by atoms with E-state index in [4.69, 9.17) is 8.85 Å². The predicted molar refractivity (Wildman–Crippen MR) is 112 cm³/mol. The molecule has 1 aromatic rings. The Hall–Kier alpha value is -0.626. The van der Waals surface area contributed by atoms with Crippen molar-refractivity contribution in [3.05, 3.63) is 29.3 Å². The van der Waals surface area contributed by atoms with Crippen LogP contribution in [0.5, 0.6) is 5.75 Å². The van der Waals surface area contributed by atoms with Gasteiger partial charge in [-0.15, -0.1) is 0 Å². The van der Waals surface area contributed by atoms with Crippen LogP contribution in [-0.2, 0) is 22.1 Å². The van der Waals surface area contributed by atoms with Crippen LogP contribution in [0.25, 0.3) is 0 Å². The number of phenols is 1. The minimum Gasteiger partial charge on any atom is -0.508 e. The zero-order valence-corrected chi connectivity index (χ0v) is 19.9. The van der Waals surface area contributed by atoms with Crippen LogP contribution in [0.3, 0.4) is 0 Å². The second kappa shape index (κ2) is 7.55. The second-order valence-corrected chi connectivity index (χ2v) is 19.7. The average molecular weight is 383 g/mol. The van der Waals surface area contributed by atoms with Crippen LogP contribution in [-0.4, -0.2) is 21.7 Å². The quantitative estimate of drug-likeness (QED) is 0.576. The fourth-order valence-electron chi connectivity index (χ4n) is 1.80. The van der Waals surface area contributed by atoms with Gasteiger partial charge in [-0.05, 0) is 54.0 Å². The highest BCUT2D eigenvalue weighted by molar-refractivity contribution is 6.74. The minimum atomic E-state index is -1.84. The molecule has 144 valence electrons. The highest BCUT2D eigenvalue weighted by atomic mass is 28.4. The van der Waals surface area contributed by atoms with Gasteiger partial charge in [0, 0.05) is 5.56 Å². The van der Waals surface area contributed by atoms with Crippen molar-refractivity contribution in [3.63, 3.8) is 0 Å². The molecule has 5 heteroatoms. The third-order valence-corrected chi connectivity index (χ3v) is 14.9. The molecule has 0 spiro atoms. The molecule has 3 nitrogen and oxygen atoms in total. The first-order chi connectivity index (χ1) is 11.1. The first-order valence-electron chi connectivity index (χ1n) is 9.15. The standard InChI is InChI=1S/C20H38O3Si2/c1-19(2,3)24(7,8)22-14-16-11-12-18(21)17(13-16)15-23-25(9,10)20(4,5)6/h11-13,21H,14-15H2,1-10H3. The van der Waals surface area contributed by atoms with E-state index in [0.717, 1.165) is 11.1 Å². The van der Waals surface area contributed by atoms with E-state index in [2.05, 4.69) is 67.7 Å². The van der Waals surface area contributed by atoms with Crippen LogP contribution >= 0.6 is 0 Å². The van der Waals surface area contributed by atoms with Crippen LogP contribution < -0.4 is 0 Å². The second-order valence-electron chi connectivity index (χ2n) is 10.1. The summed E-state index contributed by atoms with van der Waals surface area (Å²) < 4.78 is 12.6. The number of rotatable bonds is 6. The third-order valence-electron chi connectivity index (χ3n) is 5.94. The van der Waals surface area contributed by atoms with E-state index in [-0.39, 0.29) is 10.1 Å². The van der Waals surface area contributed by atoms with Gasteiger partial charge in [0.05, 0.1) is 13.2 Å². The summed E-state index contributed by atoms with van der Waals surface area (Å²) in [4.78, 5) is 0. The van der Waals surface area contributed by atoms with E-state index in [1.165, 1.54) is 0 Å². The number of hydrogen-bond donors (Lipinski definition) is 1. The van der Waals surface area contributed by atoms with E-state index >= 15 is 0 Å². The van der Waals surface area contributed by atoms with Crippen molar-refractivity contribution in [3.8, 4) is 5.75 Å². The van der Waals surface area contributed by atoms with Gasteiger partial charge in [0.1, 0.15) is 5.75 Å². The minimum absolute atomic E-state index is 0.158. The molecule has 1 rings (SSSR count). The van der Waals surface area contributed by atoms with Gasteiger partial charge in [-0.2, -0.15) is 0 Å². The highest BCUT2D eigenvalue weighted by Gasteiger charge is 2.38. The van der Waals surface area contributed by atoms with Crippen molar-refractivity contribution in [1.29, 1.82) is 0 Å². The zero-order chi connectivity index (χ0) is 19.7. The average Bonchev–Trinajstić information content (AvgIpc) is 2.42. The number of phenolic OH excluding ortho intramolecular Hbond substituents is 1. The van der Waals surface area contributed by atoms with Gasteiger partial charge >= 0.3 is 0 Å². The van der Waals surface area contributed by atoms with Gasteiger partial charge in [0.25, 0.3) is 0 Å². The molecular formula is C20H38O3Si2. The lowest BCUT2D eigenvalue weighted by atomic mass is 10.1. The van der Waals surface area contributed by atoms with Crippen molar-refractivity contribution < 1.29 is 14.0 Å². The van der Waals surface area contributed by atoms with Crippen LogP contribution in [0.1, 0.15) is 52.7 Å². The molecule has 1 N–H and O–H groups in total. The lowest BCUT2D eigenvalue weighted by molar-refractivity contribution is 0.267. The molecule has 0 amide bonds. The Morgan fingerprint density at radius 2 is 1.24 bits per heavy atom. The Labute approximate surface area is 157 Å². The Balaban J connectivity index is 2.84. The molecule has 0 saturated carbocycles. The van der Waals surface area contributed by atoms with E-state index < -0.39 is 16.6 Å². The highest BCUT2D eigenvalue weighted by Crippen LogP contribution is 2.38. The maximum atomic E-state index is 10.2. The normalized spacial score (nSPS) is 14.0. The molecule has 0 radical (unpaired) electrons. The Morgan fingerprint density at radius 1 is 0.800 bits per heavy atom. The van der Waals surface area contributed by atoms with E-state index in [9.17, 15) is 5.11 Å². The molecule has 0 heterocycles. The zero-order valence-electron chi connectivity index (χ0n) is 17.9. The topological polar surface area (TPSA) is 38.7 Å². The summed E-state index contributed by atoms with van der Waals surface area (Å²) in [6.07, 6.45) is 0. The summed E-state index contributed by atoms with van der Waals surface area (Å²) in [7, 11) is -3.62. The summed E-state index contributed by atoms with van der Waals surface area (Å²) in [6.45, 7) is 23.4. The van der Waals surface area contributed by atoms with Crippen molar-refractivity contribution in [2.75, 3.05) is 0 Å². The first kappa shape index (κ1) is 22.4. The van der Waals surface area contributed by atoms with Crippen LogP contribution in [0.4, 0.5) is 0 Å². The molecule has 1 aromatic carbocycles. The Morgan fingerprint density at radius 3 is 1.68 bits per heavy atom. The third kappa shape index (κ3) is 5.95. The maximum absolute atomic E-state index is 10.2. The van der Waals surface area contributed by atoms with E-state index in [1.54, 1.807) is 6.07 Å². The maximum Gasteiger partial charge on any atom is 0.192 e. The fraction of sp³-hybridized carbons (Fsp3) is 0.700. The fourth-order valence-corrected chi connectivity index (χ4v) is 3.71. The summed E-state index contributed by atoms with van der Waals surface area (Å²) in [6, 6.07) is 5.72. The molecule has 0 aliphatic rings. The Bertz CT molecular complexity index is 582. The molecule has 0 unspecified atom stereocenters. The molecule has 0 aromatic heterocycles.